The van der Waals surface area contributed by atoms with Crippen LogP contribution in [0.1, 0.15) is 40.5 Å². The maximum Gasteiger partial charge on any atom is 0.271 e. The molecule has 0 bridgehead atoms. The Morgan fingerprint density at radius 1 is 1.29 bits per heavy atom. The minimum Gasteiger partial charge on any atom is -0.347 e. The molecule has 0 spiro atoms. The molecule has 1 unspecified atom stereocenters. The molecule has 0 aliphatic carbocycles. The van der Waals surface area contributed by atoms with Crippen molar-refractivity contribution in [3.05, 3.63) is 65.2 Å². The quantitative estimate of drug-likeness (QED) is 0.735. The summed E-state index contributed by atoms with van der Waals surface area (Å²) >= 11 is 0. The molecule has 1 N–H and O–H groups in total. The lowest BCUT2D eigenvalue weighted by Gasteiger charge is -2.17. The van der Waals surface area contributed by atoms with Crippen LogP contribution in [0.25, 0.3) is 5.78 Å². The normalized spacial score (nSPS) is 14.1. The summed E-state index contributed by atoms with van der Waals surface area (Å²) in [6.07, 6.45) is 3.76. The monoisotopic (exact) mass is 381 g/mol. The second-order valence-electron chi connectivity index (χ2n) is 6.81. The highest BCUT2D eigenvalue weighted by atomic mass is 19.1. The number of halogens is 1. The zero-order valence-electron chi connectivity index (χ0n) is 15.4. The molecule has 2 amide bonds. The van der Waals surface area contributed by atoms with E-state index in [2.05, 4.69) is 15.3 Å². The minimum atomic E-state index is -1.45. The van der Waals surface area contributed by atoms with Gasteiger partial charge >= 0.3 is 0 Å². The van der Waals surface area contributed by atoms with Crippen molar-refractivity contribution in [3.8, 4) is 0 Å². The van der Waals surface area contributed by atoms with Gasteiger partial charge in [-0.3, -0.25) is 14.0 Å². The van der Waals surface area contributed by atoms with Gasteiger partial charge in [0.25, 0.3) is 11.8 Å². The Morgan fingerprint density at radius 3 is 2.89 bits per heavy atom. The van der Waals surface area contributed by atoms with Crippen molar-refractivity contribution < 1.29 is 14.0 Å². The second kappa shape index (κ2) is 7.38. The Labute approximate surface area is 161 Å². The van der Waals surface area contributed by atoms with E-state index in [0.717, 1.165) is 16.7 Å². The molecule has 1 aliphatic heterocycles. The van der Waals surface area contributed by atoms with E-state index in [1.807, 2.05) is 18.2 Å². The van der Waals surface area contributed by atoms with E-state index in [-0.39, 0.29) is 12.3 Å². The van der Waals surface area contributed by atoms with Crippen molar-refractivity contribution in [2.45, 2.75) is 39.2 Å². The first-order chi connectivity index (χ1) is 13.5. The minimum absolute atomic E-state index is 0.182. The number of imidazole rings is 1. The van der Waals surface area contributed by atoms with Crippen LogP contribution in [0.15, 0.2) is 42.9 Å². The van der Waals surface area contributed by atoms with Crippen molar-refractivity contribution in [1.29, 1.82) is 0 Å². The molecule has 1 aromatic carbocycles. The number of carbonyl (C=O) groups excluding carboxylic acids is 2. The molecule has 144 valence electrons. The third-order valence-electron chi connectivity index (χ3n) is 4.85. The van der Waals surface area contributed by atoms with Gasteiger partial charge in [0, 0.05) is 38.2 Å². The number of fused-ring (bicyclic) bond motifs is 2. The number of hydrogen-bond donors (Lipinski definition) is 1. The van der Waals surface area contributed by atoms with Crippen LogP contribution in [0.4, 0.5) is 4.39 Å². The van der Waals surface area contributed by atoms with Crippen LogP contribution >= 0.6 is 0 Å². The van der Waals surface area contributed by atoms with Gasteiger partial charge < -0.3 is 10.2 Å². The van der Waals surface area contributed by atoms with Crippen molar-refractivity contribution in [3.63, 3.8) is 0 Å². The number of amides is 2. The van der Waals surface area contributed by atoms with Gasteiger partial charge in [0.1, 0.15) is 5.69 Å². The number of rotatable bonds is 5. The molecule has 0 radical (unpaired) electrons. The molecule has 2 aromatic heterocycles. The van der Waals surface area contributed by atoms with Crippen LogP contribution in [0, 0.1) is 0 Å². The predicted molar refractivity (Wildman–Crippen MR) is 100 cm³/mol. The lowest BCUT2D eigenvalue weighted by Crippen LogP contribution is -2.32. The summed E-state index contributed by atoms with van der Waals surface area (Å²) in [5, 5.41) is 2.85. The van der Waals surface area contributed by atoms with E-state index in [0.29, 0.717) is 31.1 Å². The first-order valence-electron chi connectivity index (χ1n) is 9.16. The van der Waals surface area contributed by atoms with Crippen LogP contribution in [0.5, 0.6) is 0 Å². The first-order valence-corrected chi connectivity index (χ1v) is 9.16. The fourth-order valence-corrected chi connectivity index (χ4v) is 3.30. The summed E-state index contributed by atoms with van der Waals surface area (Å²) in [4.78, 5) is 34.2. The molecule has 28 heavy (non-hydrogen) atoms. The highest BCUT2D eigenvalue weighted by Gasteiger charge is 2.28. The van der Waals surface area contributed by atoms with E-state index >= 15 is 0 Å². The van der Waals surface area contributed by atoms with Crippen LogP contribution < -0.4 is 5.32 Å². The molecule has 3 aromatic rings. The van der Waals surface area contributed by atoms with Gasteiger partial charge in [-0.2, -0.15) is 0 Å². The molecule has 4 rings (SSSR count). The molecular weight excluding hydrogens is 361 g/mol. The third kappa shape index (κ3) is 3.45. The fraction of sp³-hybridized carbons (Fsp3) is 0.300. The zero-order valence-corrected chi connectivity index (χ0v) is 15.4. The van der Waals surface area contributed by atoms with E-state index in [4.69, 9.17) is 0 Å². The molecular formula is C20H20FN5O2. The molecule has 0 saturated heterocycles. The summed E-state index contributed by atoms with van der Waals surface area (Å²) in [6.45, 7) is 2.82. The summed E-state index contributed by atoms with van der Waals surface area (Å²) in [5.41, 5.74) is 3.21. The van der Waals surface area contributed by atoms with Crippen molar-refractivity contribution >= 4 is 17.6 Å². The lowest BCUT2D eigenvalue weighted by atomic mass is 10.1. The highest BCUT2D eigenvalue weighted by molar-refractivity contribution is 5.92. The average Bonchev–Trinajstić information content (AvgIpc) is 3.34. The summed E-state index contributed by atoms with van der Waals surface area (Å²) < 4.78 is 15.4. The molecule has 8 heteroatoms. The molecule has 7 nitrogen and oxygen atoms in total. The lowest BCUT2D eigenvalue weighted by molar-refractivity contribution is -0.137. The first kappa shape index (κ1) is 18.1. The van der Waals surface area contributed by atoms with Gasteiger partial charge in [-0.15, -0.1) is 0 Å². The van der Waals surface area contributed by atoms with Crippen molar-refractivity contribution in [2.75, 3.05) is 0 Å². The average molecular weight is 381 g/mol. The summed E-state index contributed by atoms with van der Waals surface area (Å²) in [7, 11) is 0. The van der Waals surface area contributed by atoms with E-state index in [9.17, 15) is 14.0 Å². The maximum absolute atomic E-state index is 13.7. The highest BCUT2D eigenvalue weighted by Crippen LogP contribution is 2.25. The number of aromatic nitrogens is 3. The number of alkyl halides is 1. The zero-order chi connectivity index (χ0) is 19.7. The summed E-state index contributed by atoms with van der Waals surface area (Å²) in [5.74, 6) is -0.284. The number of benzene rings is 1. The van der Waals surface area contributed by atoms with E-state index in [1.165, 1.54) is 4.90 Å². The second-order valence-corrected chi connectivity index (χ2v) is 6.81. The number of carbonyl (C=O) groups is 2. The fourth-order valence-electron chi connectivity index (χ4n) is 3.30. The molecule has 1 atom stereocenters. The largest absolute Gasteiger partial charge is 0.347 e. The number of nitrogens with one attached hydrogen (secondary N) is 1. The van der Waals surface area contributed by atoms with Gasteiger partial charge in [0.2, 0.25) is 5.78 Å². The Hall–Kier alpha value is -3.29. The van der Waals surface area contributed by atoms with E-state index in [1.54, 1.807) is 36.0 Å². The Balaban J connectivity index is 1.40. The Bertz CT molecular complexity index is 1020. The molecule has 3 heterocycles. The smallest absolute Gasteiger partial charge is 0.271 e. The van der Waals surface area contributed by atoms with Crippen molar-refractivity contribution in [1.82, 2.24) is 24.6 Å². The van der Waals surface area contributed by atoms with Gasteiger partial charge in [0.05, 0.1) is 0 Å². The number of nitrogens with zero attached hydrogens (tertiary/aromatic N) is 4. The standard InChI is InChI=1S/C20H20FN5O2/c1-2-16(21)19(28)26-10-14-5-4-13(8-15(14)11-26)9-23-18(27)17-12-25-7-3-6-22-20(25)24-17/h3-8,12,16H,2,9-11H2,1H3,(H,23,27). The van der Waals surface area contributed by atoms with Gasteiger partial charge in [-0.1, -0.05) is 25.1 Å². The van der Waals surface area contributed by atoms with Crippen LogP contribution in [0.3, 0.4) is 0 Å². The molecule has 1 aliphatic rings. The van der Waals surface area contributed by atoms with Crippen molar-refractivity contribution in [2.24, 2.45) is 0 Å². The number of hydrogen-bond acceptors (Lipinski definition) is 4. The van der Waals surface area contributed by atoms with Gasteiger partial charge in [-0.05, 0) is 29.2 Å². The van der Waals surface area contributed by atoms with E-state index < -0.39 is 12.1 Å². The Kier molecular flexibility index (Phi) is 4.77. The van der Waals surface area contributed by atoms with Gasteiger partial charge in [-0.25, -0.2) is 14.4 Å². The summed E-state index contributed by atoms with van der Waals surface area (Å²) in [6, 6.07) is 7.55. The predicted octanol–water partition coefficient (Wildman–Crippen LogP) is 2.25. The molecule has 0 fully saturated rings. The van der Waals surface area contributed by atoms with Gasteiger partial charge in [0.15, 0.2) is 6.17 Å². The van der Waals surface area contributed by atoms with Crippen LogP contribution in [0.2, 0.25) is 0 Å². The topological polar surface area (TPSA) is 79.6 Å². The van der Waals surface area contributed by atoms with Crippen LogP contribution in [-0.2, 0) is 24.4 Å². The third-order valence-corrected chi connectivity index (χ3v) is 4.85. The maximum atomic E-state index is 13.7. The SMILES string of the molecule is CCC(F)C(=O)N1Cc2ccc(CNC(=O)c3cn4cccnc4n3)cc2C1. The van der Waals surface area contributed by atoms with Crippen LogP contribution in [-0.4, -0.2) is 37.3 Å². The Morgan fingerprint density at radius 2 is 2.11 bits per heavy atom. The molecule has 0 saturated carbocycles.